The number of carbonyl (C=O) groups excluding carboxylic acids is 1. The number of allylic oxidation sites excluding steroid dienone is 1. The number of nitrogens with one attached hydrogen (secondary N) is 2. The van der Waals surface area contributed by atoms with Crippen LogP contribution in [0, 0.1) is 0 Å². The van der Waals surface area contributed by atoms with Crippen LogP contribution in [0.4, 0.5) is 0 Å². The minimum absolute atomic E-state index is 0.140. The molecule has 1 fully saturated rings. The van der Waals surface area contributed by atoms with Gasteiger partial charge in [0, 0.05) is 39.9 Å². The van der Waals surface area contributed by atoms with Gasteiger partial charge in [0.1, 0.15) is 11.7 Å². The molecule has 1 aromatic carbocycles. The summed E-state index contributed by atoms with van der Waals surface area (Å²) in [5.74, 6) is 1.67. The number of hydrogen-bond donors (Lipinski definition) is 2. The second-order valence-corrected chi connectivity index (χ2v) is 9.47. The molecule has 2 heterocycles. The molecule has 0 radical (unpaired) electrons. The van der Waals surface area contributed by atoms with Crippen LogP contribution in [0.1, 0.15) is 91.7 Å². The Hall–Kier alpha value is -2.90. The van der Waals surface area contributed by atoms with Crippen LogP contribution in [0.2, 0.25) is 5.02 Å². The lowest BCUT2D eigenvalue weighted by Crippen LogP contribution is -2.41. The minimum atomic E-state index is -0.257. The summed E-state index contributed by atoms with van der Waals surface area (Å²) in [6.45, 7) is 18.5. The highest BCUT2D eigenvalue weighted by Gasteiger charge is 2.31. The van der Waals surface area contributed by atoms with Crippen molar-refractivity contribution < 1.29 is 9.63 Å². The summed E-state index contributed by atoms with van der Waals surface area (Å²) in [7, 11) is 0. The van der Waals surface area contributed by atoms with Crippen LogP contribution in [0.25, 0.3) is 5.57 Å². The Bertz CT molecular complexity index is 1100. The number of aliphatic imine (C=N–C) groups is 2. The molecule has 1 atom stereocenters. The molecular formula is C30H44ClN5O2. The fourth-order valence-electron chi connectivity index (χ4n) is 4.36. The first-order chi connectivity index (χ1) is 18.3. The number of carbonyl (C=O) groups is 1. The van der Waals surface area contributed by atoms with Gasteiger partial charge in [-0.15, -0.1) is 0 Å². The summed E-state index contributed by atoms with van der Waals surface area (Å²) in [5, 5.41) is 3.87. The third kappa shape index (κ3) is 7.81. The molecule has 1 saturated carbocycles. The molecule has 1 amide bonds. The Morgan fingerprint density at radius 1 is 1.29 bits per heavy atom. The fourth-order valence-corrected chi connectivity index (χ4v) is 4.64. The zero-order valence-corrected chi connectivity index (χ0v) is 24.8. The van der Waals surface area contributed by atoms with Crippen LogP contribution in [0.15, 0.2) is 58.3 Å². The maximum atomic E-state index is 13.5. The summed E-state index contributed by atoms with van der Waals surface area (Å²) in [4.78, 5) is 29.5. The van der Waals surface area contributed by atoms with E-state index in [0.717, 1.165) is 24.0 Å². The quantitative estimate of drug-likeness (QED) is 0.406. The van der Waals surface area contributed by atoms with Gasteiger partial charge in [-0.1, -0.05) is 83.3 Å². The molecule has 2 aliphatic heterocycles. The zero-order chi connectivity index (χ0) is 28.2. The van der Waals surface area contributed by atoms with E-state index in [4.69, 9.17) is 21.4 Å². The average molecular weight is 542 g/mol. The Kier molecular flexibility index (Phi) is 12.8. The van der Waals surface area contributed by atoms with Gasteiger partial charge in [0.15, 0.2) is 12.1 Å². The third-order valence-corrected chi connectivity index (χ3v) is 6.37. The van der Waals surface area contributed by atoms with Gasteiger partial charge in [-0.3, -0.25) is 9.69 Å². The van der Waals surface area contributed by atoms with Crippen LogP contribution in [-0.2, 0) is 9.63 Å². The maximum Gasteiger partial charge on any atom is 0.260 e. The van der Waals surface area contributed by atoms with Crippen molar-refractivity contribution in [3.8, 4) is 0 Å². The van der Waals surface area contributed by atoms with Crippen molar-refractivity contribution in [2.24, 2.45) is 9.98 Å². The van der Waals surface area contributed by atoms with Crippen LogP contribution < -0.4 is 10.8 Å². The van der Waals surface area contributed by atoms with Crippen LogP contribution in [0.5, 0.6) is 0 Å². The molecule has 0 aromatic heterocycles. The highest BCUT2D eigenvalue weighted by molar-refractivity contribution is 6.37. The number of nitrogens with zero attached hydrogens (tertiary/aromatic N) is 3. The number of hydrogen-bond acceptors (Lipinski definition) is 6. The van der Waals surface area contributed by atoms with Crippen molar-refractivity contribution in [3.63, 3.8) is 0 Å². The lowest BCUT2D eigenvalue weighted by atomic mass is 9.95. The second-order valence-electron chi connectivity index (χ2n) is 9.06. The third-order valence-electron chi connectivity index (χ3n) is 6.05. The molecule has 1 aliphatic carbocycles. The number of rotatable bonds is 6. The molecule has 4 rings (SSSR count). The Morgan fingerprint density at radius 2 is 1.95 bits per heavy atom. The highest BCUT2D eigenvalue weighted by atomic mass is 35.5. The van der Waals surface area contributed by atoms with Crippen molar-refractivity contribution in [1.82, 2.24) is 15.7 Å². The standard InChI is InChI=1S/C25H30ClN5O2.C3H8.C2H6/c1-5-17-13-21(20-12-11-18(14-22(20)26)23-29-16(4)33-30-23)25(32)31(6-2)24(17)28-15(3)27-19-9-7-8-10-19;1-3-2;1-2/h5,11-14,16,19,27H,3,6-10H2,1-2,4H3,(H,29,30);3H2,1-2H3;1-2H3/b17-5-,28-24+;;. The van der Waals surface area contributed by atoms with Crippen LogP contribution in [-0.4, -0.2) is 41.3 Å². The minimum Gasteiger partial charge on any atom is -0.368 e. The number of likely N-dealkylation sites (N-methyl/N-ethyl adjacent to an activating group) is 1. The van der Waals surface area contributed by atoms with Gasteiger partial charge >= 0.3 is 0 Å². The molecule has 38 heavy (non-hydrogen) atoms. The Morgan fingerprint density at radius 3 is 2.47 bits per heavy atom. The monoisotopic (exact) mass is 541 g/mol. The van der Waals surface area contributed by atoms with Gasteiger partial charge in [-0.25, -0.2) is 20.3 Å². The van der Waals surface area contributed by atoms with Crippen molar-refractivity contribution >= 4 is 34.8 Å². The average Bonchev–Trinajstić information content (AvgIpc) is 3.58. The largest absolute Gasteiger partial charge is 0.368 e. The zero-order valence-electron chi connectivity index (χ0n) is 24.0. The molecule has 0 spiro atoms. The lowest BCUT2D eigenvalue weighted by Gasteiger charge is -2.30. The summed E-state index contributed by atoms with van der Waals surface area (Å²) in [5.41, 5.74) is 5.65. The predicted octanol–water partition coefficient (Wildman–Crippen LogP) is 7.00. The molecule has 1 aromatic rings. The van der Waals surface area contributed by atoms with Gasteiger partial charge in [0.2, 0.25) is 0 Å². The summed E-state index contributed by atoms with van der Waals surface area (Å²) < 4.78 is 0. The number of amidine groups is 2. The van der Waals surface area contributed by atoms with Crippen LogP contribution >= 0.6 is 11.6 Å². The van der Waals surface area contributed by atoms with Gasteiger partial charge in [-0.05, 0) is 45.8 Å². The Labute approximate surface area is 233 Å². The first kappa shape index (κ1) is 31.3. The molecule has 7 nitrogen and oxygen atoms in total. The SMILES string of the molecule is C=C(/N=C1\C(=C/C)C=C(c2ccc(C3=NC(C)ON3)cc2Cl)C(=O)N1CC)NC1CCCC1.CC.CCC. The normalized spacial score (nSPS) is 21.2. The van der Waals surface area contributed by atoms with E-state index in [1.165, 1.54) is 19.3 Å². The van der Waals surface area contributed by atoms with Crippen molar-refractivity contribution in [2.75, 3.05) is 6.54 Å². The number of hydroxylamine groups is 1. The molecule has 0 saturated heterocycles. The van der Waals surface area contributed by atoms with Gasteiger partial charge in [0.05, 0.1) is 0 Å². The summed E-state index contributed by atoms with van der Waals surface area (Å²) in [6.07, 6.45) is 9.50. The fraction of sp³-hybridized carbons (Fsp3) is 0.500. The first-order valence-corrected chi connectivity index (χ1v) is 14.2. The molecule has 3 aliphatic rings. The topological polar surface area (TPSA) is 78.3 Å². The van der Waals surface area contributed by atoms with E-state index in [1.807, 2.05) is 58.9 Å². The lowest BCUT2D eigenvalue weighted by molar-refractivity contribution is -0.121. The number of amides is 1. The Balaban J connectivity index is 0.000000947. The van der Waals surface area contributed by atoms with E-state index >= 15 is 0 Å². The van der Waals surface area contributed by atoms with Crippen LogP contribution in [0.3, 0.4) is 0 Å². The molecule has 208 valence electrons. The van der Waals surface area contributed by atoms with E-state index in [2.05, 4.69) is 36.2 Å². The highest BCUT2D eigenvalue weighted by Crippen LogP contribution is 2.32. The molecular weight excluding hydrogens is 498 g/mol. The first-order valence-electron chi connectivity index (χ1n) is 13.9. The molecule has 2 N–H and O–H groups in total. The molecule has 1 unspecified atom stereocenters. The van der Waals surface area contributed by atoms with E-state index in [1.54, 1.807) is 11.0 Å². The van der Waals surface area contributed by atoms with E-state index in [0.29, 0.717) is 46.2 Å². The van der Waals surface area contributed by atoms with Gasteiger partial charge < -0.3 is 5.32 Å². The van der Waals surface area contributed by atoms with Gasteiger partial charge in [-0.2, -0.15) is 0 Å². The summed E-state index contributed by atoms with van der Waals surface area (Å²) in [6, 6.07) is 5.92. The van der Waals surface area contributed by atoms with E-state index < -0.39 is 0 Å². The van der Waals surface area contributed by atoms with Crippen molar-refractivity contribution in [3.05, 3.63) is 64.5 Å². The number of benzene rings is 1. The molecule has 0 bridgehead atoms. The second kappa shape index (κ2) is 15.5. The van der Waals surface area contributed by atoms with Crippen molar-refractivity contribution in [1.29, 1.82) is 0 Å². The van der Waals surface area contributed by atoms with Gasteiger partial charge in [0.25, 0.3) is 5.91 Å². The number of halogens is 1. The van der Waals surface area contributed by atoms with E-state index in [9.17, 15) is 4.79 Å². The molecule has 8 heteroatoms. The van der Waals surface area contributed by atoms with E-state index in [-0.39, 0.29) is 12.1 Å². The smallest absolute Gasteiger partial charge is 0.260 e. The predicted molar refractivity (Wildman–Crippen MR) is 160 cm³/mol. The summed E-state index contributed by atoms with van der Waals surface area (Å²) >= 11 is 6.63. The van der Waals surface area contributed by atoms with Crippen molar-refractivity contribution in [2.45, 2.75) is 92.8 Å². The maximum absolute atomic E-state index is 13.5.